The van der Waals surface area contributed by atoms with Crippen molar-refractivity contribution in [2.45, 2.75) is 63.8 Å². The molecule has 0 bridgehead atoms. The molecule has 1 aliphatic heterocycles. The van der Waals surface area contributed by atoms with Gasteiger partial charge < -0.3 is 5.32 Å². The van der Waals surface area contributed by atoms with Crippen LogP contribution in [0.1, 0.15) is 58.3 Å². The third-order valence-corrected chi connectivity index (χ3v) is 3.31. The van der Waals surface area contributed by atoms with Crippen molar-refractivity contribution >= 4 is 0 Å². The molecule has 0 aromatic rings. The van der Waals surface area contributed by atoms with Crippen LogP contribution in [0, 0.1) is 12.3 Å². The highest BCUT2D eigenvalue weighted by Crippen LogP contribution is 2.28. The summed E-state index contributed by atoms with van der Waals surface area (Å²) >= 11 is 0. The van der Waals surface area contributed by atoms with Gasteiger partial charge in [0, 0.05) is 12.0 Å². The minimum atomic E-state index is 0.373. The fourth-order valence-electron chi connectivity index (χ4n) is 2.55. The van der Waals surface area contributed by atoms with E-state index in [0.717, 1.165) is 12.8 Å². The average molecular weight is 193 g/mol. The zero-order chi connectivity index (χ0) is 10.3. The van der Waals surface area contributed by atoms with Gasteiger partial charge in [-0.3, -0.25) is 0 Å². The van der Waals surface area contributed by atoms with Gasteiger partial charge in [0.15, 0.2) is 0 Å². The highest BCUT2D eigenvalue weighted by molar-refractivity contribution is 4.94. The van der Waals surface area contributed by atoms with Gasteiger partial charge in [-0.1, -0.05) is 26.2 Å². The van der Waals surface area contributed by atoms with Crippen molar-refractivity contribution in [3.8, 4) is 12.3 Å². The molecule has 80 valence electrons. The van der Waals surface area contributed by atoms with Crippen LogP contribution in [0.4, 0.5) is 0 Å². The smallest absolute Gasteiger partial charge is 0.0190 e. The van der Waals surface area contributed by atoms with Crippen LogP contribution in [0.5, 0.6) is 0 Å². The average Bonchev–Trinajstić information content (AvgIpc) is 2.42. The SMILES string of the molecule is C#CCCC1(CCC)CCCCCN1. The van der Waals surface area contributed by atoms with Gasteiger partial charge in [0.05, 0.1) is 0 Å². The van der Waals surface area contributed by atoms with Crippen LogP contribution in [0.15, 0.2) is 0 Å². The van der Waals surface area contributed by atoms with Crippen LogP contribution in [0.2, 0.25) is 0 Å². The first kappa shape index (κ1) is 11.6. The van der Waals surface area contributed by atoms with E-state index >= 15 is 0 Å². The van der Waals surface area contributed by atoms with Gasteiger partial charge in [0.1, 0.15) is 0 Å². The topological polar surface area (TPSA) is 12.0 Å². The predicted molar refractivity (Wildman–Crippen MR) is 62.2 cm³/mol. The minimum absolute atomic E-state index is 0.373. The summed E-state index contributed by atoms with van der Waals surface area (Å²) in [4.78, 5) is 0. The fourth-order valence-corrected chi connectivity index (χ4v) is 2.55. The van der Waals surface area contributed by atoms with E-state index in [1.54, 1.807) is 0 Å². The van der Waals surface area contributed by atoms with Gasteiger partial charge in [0.2, 0.25) is 0 Å². The third kappa shape index (κ3) is 3.35. The molecule has 1 N–H and O–H groups in total. The zero-order valence-electron chi connectivity index (χ0n) is 9.44. The first-order valence-electron chi connectivity index (χ1n) is 6.01. The van der Waals surface area contributed by atoms with E-state index in [4.69, 9.17) is 6.42 Å². The molecule has 0 radical (unpaired) electrons. The Kier molecular flexibility index (Phi) is 5.04. The molecule has 0 aliphatic carbocycles. The number of nitrogens with one attached hydrogen (secondary N) is 1. The van der Waals surface area contributed by atoms with E-state index in [-0.39, 0.29) is 0 Å². The molecule has 1 saturated heterocycles. The van der Waals surface area contributed by atoms with Gasteiger partial charge in [0.25, 0.3) is 0 Å². The van der Waals surface area contributed by atoms with Crippen LogP contribution in [0.3, 0.4) is 0 Å². The largest absolute Gasteiger partial charge is 0.311 e. The van der Waals surface area contributed by atoms with Crippen LogP contribution >= 0.6 is 0 Å². The lowest BCUT2D eigenvalue weighted by Crippen LogP contribution is -2.44. The maximum Gasteiger partial charge on any atom is 0.0190 e. The summed E-state index contributed by atoms with van der Waals surface area (Å²) < 4.78 is 0. The van der Waals surface area contributed by atoms with Crippen LogP contribution < -0.4 is 5.32 Å². The molecule has 0 saturated carbocycles. The second-order valence-corrected chi connectivity index (χ2v) is 4.47. The maximum atomic E-state index is 5.36. The monoisotopic (exact) mass is 193 g/mol. The van der Waals surface area contributed by atoms with Crippen LogP contribution in [0.25, 0.3) is 0 Å². The Morgan fingerprint density at radius 2 is 2.14 bits per heavy atom. The van der Waals surface area contributed by atoms with Gasteiger partial charge in [-0.15, -0.1) is 12.3 Å². The quantitative estimate of drug-likeness (QED) is 0.676. The molecule has 0 spiro atoms. The van der Waals surface area contributed by atoms with Crippen LogP contribution in [-0.2, 0) is 0 Å². The van der Waals surface area contributed by atoms with E-state index < -0.39 is 0 Å². The summed E-state index contributed by atoms with van der Waals surface area (Å²) in [5.74, 6) is 2.78. The zero-order valence-corrected chi connectivity index (χ0v) is 9.44. The van der Waals surface area contributed by atoms with Crippen molar-refractivity contribution in [1.29, 1.82) is 0 Å². The lowest BCUT2D eigenvalue weighted by atomic mass is 9.84. The lowest BCUT2D eigenvalue weighted by Gasteiger charge is -2.33. The Morgan fingerprint density at radius 1 is 1.29 bits per heavy atom. The number of terminal acetylenes is 1. The number of rotatable bonds is 4. The van der Waals surface area contributed by atoms with Crippen molar-refractivity contribution < 1.29 is 0 Å². The second kappa shape index (κ2) is 6.09. The number of hydrogen-bond donors (Lipinski definition) is 1. The highest BCUT2D eigenvalue weighted by atomic mass is 15.0. The minimum Gasteiger partial charge on any atom is -0.311 e. The summed E-state index contributed by atoms with van der Waals surface area (Å²) in [7, 11) is 0. The lowest BCUT2D eigenvalue weighted by molar-refractivity contribution is 0.273. The van der Waals surface area contributed by atoms with Crippen molar-refractivity contribution in [1.82, 2.24) is 5.32 Å². The standard InChI is InChI=1S/C13H23N/c1-3-5-10-13(9-4-2)11-7-6-8-12-14-13/h1,14H,4-12H2,2H3. The molecule has 14 heavy (non-hydrogen) atoms. The third-order valence-electron chi connectivity index (χ3n) is 3.31. The van der Waals surface area contributed by atoms with E-state index in [1.165, 1.54) is 45.1 Å². The Balaban J connectivity index is 2.53. The Labute approximate surface area is 88.7 Å². The molecule has 1 heterocycles. The first-order chi connectivity index (χ1) is 6.83. The van der Waals surface area contributed by atoms with E-state index in [0.29, 0.717) is 5.54 Å². The summed E-state index contributed by atoms with van der Waals surface area (Å²) in [5.41, 5.74) is 0.373. The molecule has 1 aliphatic rings. The molecular weight excluding hydrogens is 170 g/mol. The van der Waals surface area contributed by atoms with E-state index in [2.05, 4.69) is 18.2 Å². The van der Waals surface area contributed by atoms with Crippen molar-refractivity contribution in [2.75, 3.05) is 6.54 Å². The van der Waals surface area contributed by atoms with Gasteiger partial charge in [-0.25, -0.2) is 0 Å². The van der Waals surface area contributed by atoms with Crippen molar-refractivity contribution in [3.05, 3.63) is 0 Å². The molecule has 1 rings (SSSR count). The van der Waals surface area contributed by atoms with E-state index in [9.17, 15) is 0 Å². The Bertz CT molecular complexity index is 182. The molecular formula is C13H23N. The van der Waals surface area contributed by atoms with Crippen molar-refractivity contribution in [3.63, 3.8) is 0 Å². The first-order valence-corrected chi connectivity index (χ1v) is 6.01. The van der Waals surface area contributed by atoms with Crippen molar-refractivity contribution in [2.24, 2.45) is 0 Å². The summed E-state index contributed by atoms with van der Waals surface area (Å²) in [6.07, 6.45) is 15.4. The van der Waals surface area contributed by atoms with Gasteiger partial charge in [-0.05, 0) is 32.2 Å². The highest BCUT2D eigenvalue weighted by Gasteiger charge is 2.28. The van der Waals surface area contributed by atoms with Gasteiger partial charge in [-0.2, -0.15) is 0 Å². The Hall–Kier alpha value is -0.480. The summed E-state index contributed by atoms with van der Waals surface area (Å²) in [5, 5.41) is 3.74. The molecule has 1 atom stereocenters. The predicted octanol–water partition coefficient (Wildman–Crippen LogP) is 3.10. The normalized spacial score (nSPS) is 28.0. The molecule has 1 unspecified atom stereocenters. The van der Waals surface area contributed by atoms with Gasteiger partial charge >= 0.3 is 0 Å². The number of hydrogen-bond acceptors (Lipinski definition) is 1. The molecule has 1 nitrogen and oxygen atoms in total. The summed E-state index contributed by atoms with van der Waals surface area (Å²) in [6, 6.07) is 0. The second-order valence-electron chi connectivity index (χ2n) is 4.47. The molecule has 0 aromatic heterocycles. The van der Waals surface area contributed by atoms with Crippen LogP contribution in [-0.4, -0.2) is 12.1 Å². The molecule has 1 fully saturated rings. The summed E-state index contributed by atoms with van der Waals surface area (Å²) in [6.45, 7) is 3.45. The molecule has 0 amide bonds. The molecule has 1 heteroatoms. The Morgan fingerprint density at radius 3 is 2.86 bits per heavy atom. The van der Waals surface area contributed by atoms with E-state index in [1.807, 2.05) is 0 Å². The maximum absolute atomic E-state index is 5.36. The fraction of sp³-hybridized carbons (Fsp3) is 0.846. The molecule has 0 aromatic carbocycles.